The highest BCUT2D eigenvalue weighted by Crippen LogP contribution is 2.19. The summed E-state index contributed by atoms with van der Waals surface area (Å²) in [4.78, 5) is 21.6. The van der Waals surface area contributed by atoms with E-state index >= 15 is 0 Å². The maximum atomic E-state index is 11.8. The number of H-pyrrole nitrogens is 1. The maximum Gasteiger partial charge on any atom is 0.251 e. The van der Waals surface area contributed by atoms with Crippen LogP contribution in [-0.4, -0.2) is 28.0 Å². The monoisotopic (exact) mass is 257 g/mol. The fourth-order valence-corrected chi connectivity index (χ4v) is 2.73. The van der Waals surface area contributed by atoms with Crippen LogP contribution in [0.3, 0.4) is 0 Å². The molecule has 1 aliphatic heterocycles. The van der Waals surface area contributed by atoms with E-state index in [1.54, 1.807) is 0 Å². The van der Waals surface area contributed by atoms with Gasteiger partial charge in [0, 0.05) is 31.4 Å². The Hall–Kier alpha value is -1.68. The van der Waals surface area contributed by atoms with Gasteiger partial charge in [-0.1, -0.05) is 13.8 Å². The SMILES string of the molecule is CCc1cc2ncc(CN3CC(C)C3)cc2[nH]c1=O. The van der Waals surface area contributed by atoms with Crippen LogP contribution in [0.2, 0.25) is 0 Å². The second-order valence-corrected chi connectivity index (χ2v) is 5.55. The van der Waals surface area contributed by atoms with Crippen molar-refractivity contribution in [3.63, 3.8) is 0 Å². The van der Waals surface area contributed by atoms with Gasteiger partial charge in [0.05, 0.1) is 11.0 Å². The molecule has 0 unspecified atom stereocenters. The first-order chi connectivity index (χ1) is 9.15. The number of fused-ring (bicyclic) bond motifs is 1. The van der Waals surface area contributed by atoms with Gasteiger partial charge >= 0.3 is 0 Å². The lowest BCUT2D eigenvalue weighted by molar-refractivity contribution is 0.105. The van der Waals surface area contributed by atoms with E-state index in [2.05, 4.69) is 21.8 Å². The molecule has 1 fully saturated rings. The van der Waals surface area contributed by atoms with Gasteiger partial charge in [0.1, 0.15) is 0 Å². The van der Waals surface area contributed by atoms with E-state index in [1.165, 1.54) is 5.56 Å². The van der Waals surface area contributed by atoms with Crippen LogP contribution in [0.25, 0.3) is 11.0 Å². The number of hydrogen-bond donors (Lipinski definition) is 1. The Morgan fingerprint density at radius 2 is 2.21 bits per heavy atom. The van der Waals surface area contributed by atoms with Crippen molar-refractivity contribution in [1.82, 2.24) is 14.9 Å². The summed E-state index contributed by atoms with van der Waals surface area (Å²) in [5.41, 5.74) is 3.68. The molecule has 3 heterocycles. The predicted octanol–water partition coefficient (Wildman–Crippen LogP) is 1.94. The van der Waals surface area contributed by atoms with Gasteiger partial charge in [-0.05, 0) is 30.0 Å². The molecule has 2 aromatic rings. The highest BCUT2D eigenvalue weighted by molar-refractivity contribution is 5.74. The van der Waals surface area contributed by atoms with Gasteiger partial charge in [-0.3, -0.25) is 14.7 Å². The van der Waals surface area contributed by atoms with Crippen LogP contribution >= 0.6 is 0 Å². The van der Waals surface area contributed by atoms with E-state index < -0.39 is 0 Å². The summed E-state index contributed by atoms with van der Waals surface area (Å²) < 4.78 is 0. The van der Waals surface area contributed by atoms with Crippen molar-refractivity contribution in [2.75, 3.05) is 13.1 Å². The van der Waals surface area contributed by atoms with Crippen LogP contribution in [0.1, 0.15) is 25.0 Å². The topological polar surface area (TPSA) is 49.0 Å². The van der Waals surface area contributed by atoms with Crippen LogP contribution in [0.5, 0.6) is 0 Å². The number of hydrogen-bond acceptors (Lipinski definition) is 3. The maximum absolute atomic E-state index is 11.8. The van der Waals surface area contributed by atoms with Crippen LogP contribution in [-0.2, 0) is 13.0 Å². The third-order valence-electron chi connectivity index (χ3n) is 3.75. The number of pyridine rings is 2. The minimum Gasteiger partial charge on any atom is -0.320 e. The number of aromatic amines is 1. The lowest BCUT2D eigenvalue weighted by atomic mass is 10.0. The number of aryl methyl sites for hydroxylation is 1. The van der Waals surface area contributed by atoms with Gasteiger partial charge in [-0.2, -0.15) is 0 Å². The summed E-state index contributed by atoms with van der Waals surface area (Å²) in [7, 11) is 0. The van der Waals surface area contributed by atoms with E-state index in [-0.39, 0.29) is 5.56 Å². The molecule has 0 aromatic carbocycles. The second-order valence-electron chi connectivity index (χ2n) is 5.55. The molecule has 0 spiro atoms. The Kier molecular flexibility index (Phi) is 3.11. The van der Waals surface area contributed by atoms with Crippen molar-refractivity contribution in [3.8, 4) is 0 Å². The molecule has 0 bridgehead atoms. The van der Waals surface area contributed by atoms with E-state index in [9.17, 15) is 4.79 Å². The third-order valence-corrected chi connectivity index (χ3v) is 3.75. The van der Waals surface area contributed by atoms with Crippen LogP contribution in [0.4, 0.5) is 0 Å². The lowest BCUT2D eigenvalue weighted by Crippen LogP contribution is -2.44. The van der Waals surface area contributed by atoms with Crippen LogP contribution < -0.4 is 5.56 Å². The molecule has 3 rings (SSSR count). The molecule has 2 aromatic heterocycles. The third kappa shape index (κ3) is 2.40. The van der Waals surface area contributed by atoms with Gasteiger partial charge in [0.25, 0.3) is 5.56 Å². The van der Waals surface area contributed by atoms with Crippen molar-refractivity contribution in [2.45, 2.75) is 26.8 Å². The van der Waals surface area contributed by atoms with Crippen molar-refractivity contribution < 1.29 is 0 Å². The number of likely N-dealkylation sites (tertiary alicyclic amines) is 1. The van der Waals surface area contributed by atoms with Crippen LogP contribution in [0, 0.1) is 5.92 Å². The molecule has 4 nitrogen and oxygen atoms in total. The van der Waals surface area contributed by atoms with Gasteiger partial charge in [0.15, 0.2) is 0 Å². The molecule has 1 aliphatic rings. The number of aromatic nitrogens is 2. The molecular formula is C15H19N3O. The molecule has 4 heteroatoms. The van der Waals surface area contributed by atoms with Gasteiger partial charge in [-0.25, -0.2) is 0 Å². The Morgan fingerprint density at radius 3 is 2.89 bits per heavy atom. The second kappa shape index (κ2) is 4.78. The highest BCUT2D eigenvalue weighted by Gasteiger charge is 2.22. The van der Waals surface area contributed by atoms with E-state index in [0.717, 1.165) is 48.6 Å². The fourth-order valence-electron chi connectivity index (χ4n) is 2.73. The predicted molar refractivity (Wildman–Crippen MR) is 76.2 cm³/mol. The van der Waals surface area contributed by atoms with Gasteiger partial charge < -0.3 is 4.98 Å². The minimum atomic E-state index is 0.00604. The molecule has 0 aliphatic carbocycles. The highest BCUT2D eigenvalue weighted by atomic mass is 16.1. The molecule has 0 saturated carbocycles. The molecule has 100 valence electrons. The summed E-state index contributed by atoms with van der Waals surface area (Å²) >= 11 is 0. The Bertz CT molecular complexity index is 656. The zero-order chi connectivity index (χ0) is 13.4. The van der Waals surface area contributed by atoms with Gasteiger partial charge in [-0.15, -0.1) is 0 Å². The van der Waals surface area contributed by atoms with Crippen molar-refractivity contribution >= 4 is 11.0 Å². The van der Waals surface area contributed by atoms with Crippen molar-refractivity contribution in [1.29, 1.82) is 0 Å². The Labute approximate surface area is 112 Å². The summed E-state index contributed by atoms with van der Waals surface area (Å²) in [6, 6.07) is 3.94. The first-order valence-electron chi connectivity index (χ1n) is 6.89. The molecule has 1 N–H and O–H groups in total. The molecule has 1 saturated heterocycles. The molecule has 0 radical (unpaired) electrons. The Balaban J connectivity index is 1.90. The van der Waals surface area contributed by atoms with E-state index in [4.69, 9.17) is 0 Å². The first kappa shape index (κ1) is 12.4. The van der Waals surface area contributed by atoms with E-state index in [1.807, 2.05) is 25.3 Å². The average molecular weight is 257 g/mol. The number of rotatable bonds is 3. The molecule has 19 heavy (non-hydrogen) atoms. The average Bonchev–Trinajstić information content (AvgIpc) is 2.36. The summed E-state index contributed by atoms with van der Waals surface area (Å²) in [5, 5.41) is 0. The molecular weight excluding hydrogens is 238 g/mol. The zero-order valence-corrected chi connectivity index (χ0v) is 11.4. The van der Waals surface area contributed by atoms with Gasteiger partial charge in [0.2, 0.25) is 0 Å². The van der Waals surface area contributed by atoms with Crippen molar-refractivity contribution in [3.05, 3.63) is 39.8 Å². The first-order valence-corrected chi connectivity index (χ1v) is 6.89. The Morgan fingerprint density at radius 1 is 1.42 bits per heavy atom. The van der Waals surface area contributed by atoms with Crippen molar-refractivity contribution in [2.24, 2.45) is 5.92 Å². The molecule has 0 atom stereocenters. The lowest BCUT2D eigenvalue weighted by Gasteiger charge is -2.37. The number of nitrogens with one attached hydrogen (secondary N) is 1. The number of nitrogens with zero attached hydrogens (tertiary/aromatic N) is 2. The molecule has 0 amide bonds. The quantitative estimate of drug-likeness (QED) is 0.914. The van der Waals surface area contributed by atoms with Crippen LogP contribution in [0.15, 0.2) is 23.1 Å². The zero-order valence-electron chi connectivity index (χ0n) is 11.4. The van der Waals surface area contributed by atoms with E-state index in [0.29, 0.717) is 0 Å². The minimum absolute atomic E-state index is 0.00604. The summed E-state index contributed by atoms with van der Waals surface area (Å²) in [5.74, 6) is 0.806. The normalized spacial score (nSPS) is 16.7. The standard InChI is InChI=1S/C15H19N3O/c1-3-12-5-13-14(17-15(12)19)4-11(6-16-13)9-18-7-10(2)8-18/h4-6,10H,3,7-9H2,1-2H3,(H,17,19). The summed E-state index contributed by atoms with van der Waals surface area (Å²) in [6.07, 6.45) is 2.66. The fraction of sp³-hybridized carbons (Fsp3) is 0.467. The smallest absolute Gasteiger partial charge is 0.251 e. The summed E-state index contributed by atoms with van der Waals surface area (Å²) in [6.45, 7) is 7.48. The largest absolute Gasteiger partial charge is 0.320 e.